The molecule has 2 N–H and O–H groups in total. The number of nitrogens with one attached hydrogen (secondary N) is 2. The van der Waals surface area contributed by atoms with Gasteiger partial charge in [0.2, 0.25) is 5.91 Å². The zero-order valence-electron chi connectivity index (χ0n) is 12.4. The topological polar surface area (TPSA) is 64.9 Å². The van der Waals surface area contributed by atoms with Crippen LogP contribution in [0.5, 0.6) is 0 Å². The first kappa shape index (κ1) is 16.4. The molecule has 20 heavy (non-hydrogen) atoms. The molecule has 1 aromatic rings. The van der Waals surface area contributed by atoms with Crippen LogP contribution in [-0.2, 0) is 4.79 Å². The van der Waals surface area contributed by atoms with E-state index < -0.39 is 0 Å². The fourth-order valence-electron chi connectivity index (χ4n) is 1.76. The first-order chi connectivity index (χ1) is 9.37. The van der Waals surface area contributed by atoms with E-state index >= 15 is 0 Å². The number of benzene rings is 1. The molecule has 0 saturated heterocycles. The lowest BCUT2D eigenvalue weighted by Gasteiger charge is -2.20. The molecular weight excluding hydrogens is 270 g/mol. The molecule has 0 atom stereocenters. The van der Waals surface area contributed by atoms with Crippen LogP contribution in [0.15, 0.2) is 23.1 Å². The number of nitriles is 1. The molecule has 0 unspecified atom stereocenters. The fraction of sp³-hybridized carbons (Fsp3) is 0.467. The molecule has 0 aliphatic rings. The Hall–Kier alpha value is -1.67. The first-order valence-corrected chi connectivity index (χ1v) is 7.72. The van der Waals surface area contributed by atoms with E-state index in [0.29, 0.717) is 18.5 Å². The number of anilines is 1. The van der Waals surface area contributed by atoms with Crippen molar-refractivity contribution in [3.8, 4) is 6.07 Å². The van der Waals surface area contributed by atoms with Gasteiger partial charge in [-0.25, -0.2) is 0 Å². The molecule has 0 fully saturated rings. The Bertz CT molecular complexity index is 515. The van der Waals surface area contributed by atoms with Crippen molar-refractivity contribution < 1.29 is 4.79 Å². The SMILES string of the molecule is CSc1cccc(NCCC(=O)NC(C)(C)C)c1C#N. The molecule has 0 spiro atoms. The average molecular weight is 291 g/mol. The number of nitrogens with zero attached hydrogens (tertiary/aromatic N) is 1. The molecule has 0 aromatic heterocycles. The molecule has 0 heterocycles. The summed E-state index contributed by atoms with van der Waals surface area (Å²) in [6, 6.07) is 7.89. The molecule has 0 bridgehead atoms. The Morgan fingerprint density at radius 1 is 1.40 bits per heavy atom. The Balaban J connectivity index is 2.59. The number of amides is 1. The lowest BCUT2D eigenvalue weighted by atomic mass is 10.1. The van der Waals surface area contributed by atoms with E-state index in [2.05, 4.69) is 16.7 Å². The molecule has 1 rings (SSSR count). The van der Waals surface area contributed by atoms with Crippen LogP contribution in [0.2, 0.25) is 0 Å². The Labute approximate surface area is 124 Å². The third-order valence-electron chi connectivity index (χ3n) is 2.54. The van der Waals surface area contributed by atoms with Crippen molar-refractivity contribution in [2.45, 2.75) is 37.6 Å². The summed E-state index contributed by atoms with van der Waals surface area (Å²) in [5.74, 6) is 0.00419. The van der Waals surface area contributed by atoms with Crippen LogP contribution in [-0.4, -0.2) is 24.2 Å². The largest absolute Gasteiger partial charge is 0.383 e. The molecule has 1 aromatic carbocycles. The highest BCUT2D eigenvalue weighted by atomic mass is 32.2. The van der Waals surface area contributed by atoms with Crippen LogP contribution in [0, 0.1) is 11.3 Å². The molecule has 1 amide bonds. The molecule has 4 nitrogen and oxygen atoms in total. The second-order valence-electron chi connectivity index (χ2n) is 5.47. The quantitative estimate of drug-likeness (QED) is 0.819. The van der Waals surface area contributed by atoms with Gasteiger partial charge in [0, 0.05) is 23.4 Å². The number of hydrogen-bond donors (Lipinski definition) is 2. The smallest absolute Gasteiger partial charge is 0.222 e. The van der Waals surface area contributed by atoms with Crippen LogP contribution < -0.4 is 10.6 Å². The summed E-state index contributed by atoms with van der Waals surface area (Å²) in [5, 5.41) is 15.3. The molecular formula is C15H21N3OS. The van der Waals surface area contributed by atoms with Gasteiger partial charge >= 0.3 is 0 Å². The summed E-state index contributed by atoms with van der Waals surface area (Å²) in [6.07, 6.45) is 2.32. The average Bonchev–Trinajstić information content (AvgIpc) is 2.36. The van der Waals surface area contributed by atoms with Gasteiger partial charge in [-0.3, -0.25) is 4.79 Å². The number of hydrogen-bond acceptors (Lipinski definition) is 4. The highest BCUT2D eigenvalue weighted by molar-refractivity contribution is 7.98. The summed E-state index contributed by atoms with van der Waals surface area (Å²) < 4.78 is 0. The lowest BCUT2D eigenvalue weighted by molar-refractivity contribution is -0.122. The molecule has 0 radical (unpaired) electrons. The highest BCUT2D eigenvalue weighted by Crippen LogP contribution is 2.26. The van der Waals surface area contributed by atoms with Gasteiger partial charge in [-0.2, -0.15) is 5.26 Å². The summed E-state index contributed by atoms with van der Waals surface area (Å²) in [6.45, 7) is 6.37. The Morgan fingerprint density at radius 3 is 2.65 bits per heavy atom. The maximum absolute atomic E-state index is 11.7. The third kappa shape index (κ3) is 5.14. The van der Waals surface area contributed by atoms with Crippen molar-refractivity contribution in [3.05, 3.63) is 23.8 Å². The van der Waals surface area contributed by atoms with E-state index in [0.717, 1.165) is 10.6 Å². The zero-order chi connectivity index (χ0) is 15.2. The maximum atomic E-state index is 11.7. The number of carbonyl (C=O) groups excluding carboxylic acids is 1. The first-order valence-electron chi connectivity index (χ1n) is 6.49. The van der Waals surface area contributed by atoms with Crippen molar-refractivity contribution in [2.24, 2.45) is 0 Å². The lowest BCUT2D eigenvalue weighted by Crippen LogP contribution is -2.41. The van der Waals surface area contributed by atoms with Gasteiger partial charge < -0.3 is 10.6 Å². The summed E-state index contributed by atoms with van der Waals surface area (Å²) in [4.78, 5) is 12.6. The molecule has 0 aliphatic carbocycles. The molecule has 108 valence electrons. The minimum absolute atomic E-state index is 0.00419. The zero-order valence-corrected chi connectivity index (χ0v) is 13.2. The molecule has 5 heteroatoms. The van der Waals surface area contributed by atoms with Gasteiger partial charge in [-0.05, 0) is 39.2 Å². The normalized spacial score (nSPS) is 10.8. The summed E-state index contributed by atoms with van der Waals surface area (Å²) >= 11 is 1.54. The minimum atomic E-state index is -0.215. The Morgan fingerprint density at radius 2 is 2.10 bits per heavy atom. The van der Waals surface area contributed by atoms with E-state index in [1.165, 1.54) is 0 Å². The van der Waals surface area contributed by atoms with Gasteiger partial charge in [0.15, 0.2) is 0 Å². The molecule has 0 aliphatic heterocycles. The second-order valence-corrected chi connectivity index (χ2v) is 6.32. The summed E-state index contributed by atoms with van der Waals surface area (Å²) in [7, 11) is 0. The van der Waals surface area contributed by atoms with Crippen LogP contribution in [0.3, 0.4) is 0 Å². The second kappa shape index (κ2) is 7.20. The van der Waals surface area contributed by atoms with Gasteiger partial charge in [-0.15, -0.1) is 11.8 Å². The molecule has 0 saturated carbocycles. The van der Waals surface area contributed by atoms with Crippen molar-refractivity contribution in [1.82, 2.24) is 5.32 Å². The van der Waals surface area contributed by atoms with Crippen molar-refractivity contribution >= 4 is 23.4 Å². The van der Waals surface area contributed by atoms with Crippen LogP contribution in [0.1, 0.15) is 32.8 Å². The van der Waals surface area contributed by atoms with E-state index in [-0.39, 0.29) is 11.4 Å². The maximum Gasteiger partial charge on any atom is 0.222 e. The Kier molecular flexibility index (Phi) is 5.90. The van der Waals surface area contributed by atoms with Crippen molar-refractivity contribution in [3.63, 3.8) is 0 Å². The number of carbonyl (C=O) groups is 1. The van der Waals surface area contributed by atoms with E-state index in [4.69, 9.17) is 0 Å². The third-order valence-corrected chi connectivity index (χ3v) is 3.32. The van der Waals surface area contributed by atoms with Gasteiger partial charge in [0.25, 0.3) is 0 Å². The van der Waals surface area contributed by atoms with Crippen molar-refractivity contribution in [2.75, 3.05) is 18.1 Å². The van der Waals surface area contributed by atoms with Crippen LogP contribution in [0.25, 0.3) is 0 Å². The van der Waals surface area contributed by atoms with E-state index in [1.807, 2.05) is 45.2 Å². The van der Waals surface area contributed by atoms with Crippen LogP contribution in [0.4, 0.5) is 5.69 Å². The summed E-state index contributed by atoms with van der Waals surface area (Å²) in [5.41, 5.74) is 1.20. The van der Waals surface area contributed by atoms with Crippen molar-refractivity contribution in [1.29, 1.82) is 5.26 Å². The van der Waals surface area contributed by atoms with Gasteiger partial charge in [-0.1, -0.05) is 6.07 Å². The van der Waals surface area contributed by atoms with E-state index in [9.17, 15) is 10.1 Å². The van der Waals surface area contributed by atoms with Gasteiger partial charge in [0.05, 0.1) is 11.3 Å². The van der Waals surface area contributed by atoms with Crippen LogP contribution >= 0.6 is 11.8 Å². The minimum Gasteiger partial charge on any atom is -0.383 e. The predicted octanol–water partition coefficient (Wildman–Crippen LogP) is 3.00. The number of thioether (sulfide) groups is 1. The monoisotopic (exact) mass is 291 g/mol. The van der Waals surface area contributed by atoms with Gasteiger partial charge in [0.1, 0.15) is 6.07 Å². The van der Waals surface area contributed by atoms with E-state index in [1.54, 1.807) is 11.8 Å². The highest BCUT2D eigenvalue weighted by Gasteiger charge is 2.13. The predicted molar refractivity (Wildman–Crippen MR) is 83.9 cm³/mol. The number of rotatable bonds is 5. The standard InChI is InChI=1S/C15H21N3OS/c1-15(2,3)18-14(19)8-9-17-12-6-5-7-13(20-4)11(12)10-16/h5-7,17H,8-9H2,1-4H3,(H,18,19). The fourth-order valence-corrected chi connectivity index (χ4v) is 2.33.